The molecule has 1 aliphatic rings. The Morgan fingerprint density at radius 2 is 2.00 bits per heavy atom. The molecule has 1 unspecified atom stereocenters. The van der Waals surface area contributed by atoms with Crippen LogP contribution in [-0.2, 0) is 4.74 Å². The van der Waals surface area contributed by atoms with E-state index in [1.165, 1.54) is 0 Å². The highest BCUT2D eigenvalue weighted by Crippen LogP contribution is 2.31. The number of nitrogens with one attached hydrogen (secondary N) is 2. The molecule has 124 valence electrons. The summed E-state index contributed by atoms with van der Waals surface area (Å²) < 4.78 is 5.75. The Morgan fingerprint density at radius 1 is 1.29 bits per heavy atom. The summed E-state index contributed by atoms with van der Waals surface area (Å²) in [5.41, 5.74) is -0.561. The van der Waals surface area contributed by atoms with E-state index >= 15 is 0 Å². The third kappa shape index (κ3) is 6.66. The molecule has 1 atom stereocenters. The van der Waals surface area contributed by atoms with Gasteiger partial charge in [-0.05, 0) is 45.4 Å². The van der Waals surface area contributed by atoms with E-state index in [9.17, 15) is 5.11 Å². The minimum atomic E-state index is -0.561. The molecule has 1 rings (SSSR count). The molecule has 0 aromatic carbocycles. The maximum atomic E-state index is 10.1. The molecule has 1 saturated carbocycles. The highest BCUT2D eigenvalue weighted by molar-refractivity contribution is 5.79. The average Bonchev–Trinajstić information content (AvgIpc) is 2.41. The van der Waals surface area contributed by atoms with Gasteiger partial charge < -0.3 is 20.5 Å². The number of guanidine groups is 1. The second kappa shape index (κ2) is 9.26. The van der Waals surface area contributed by atoms with E-state index in [0.717, 1.165) is 51.3 Å². The molecule has 0 aromatic heterocycles. The van der Waals surface area contributed by atoms with Crippen LogP contribution in [0.15, 0.2) is 4.99 Å². The Balaban J connectivity index is 2.37. The van der Waals surface area contributed by atoms with Crippen molar-refractivity contribution in [1.29, 1.82) is 0 Å². The smallest absolute Gasteiger partial charge is 0.191 e. The fourth-order valence-corrected chi connectivity index (χ4v) is 2.47. The number of aliphatic imine (C=N–C) groups is 1. The van der Waals surface area contributed by atoms with Gasteiger partial charge in [0.1, 0.15) is 0 Å². The van der Waals surface area contributed by atoms with Crippen LogP contribution in [0.2, 0.25) is 0 Å². The molecule has 0 radical (unpaired) electrons. The van der Waals surface area contributed by atoms with Crippen LogP contribution in [0.25, 0.3) is 0 Å². The Hall–Kier alpha value is -0.810. The van der Waals surface area contributed by atoms with E-state index < -0.39 is 5.60 Å². The van der Waals surface area contributed by atoms with Gasteiger partial charge in [-0.2, -0.15) is 0 Å². The summed E-state index contributed by atoms with van der Waals surface area (Å²) in [7, 11) is 0. The normalized spacial score (nSPS) is 19.2. The number of ether oxygens (including phenoxy) is 1. The molecular weight excluding hydrogens is 266 g/mol. The standard InChI is InChI=1S/C16H33N3O2/c1-5-17-15(19-12-16(20)9-7-10-16)18-11-8-14(13(3)4)21-6-2/h13-14,20H,5-12H2,1-4H3,(H2,17,18,19). The fourth-order valence-electron chi connectivity index (χ4n) is 2.47. The number of rotatable bonds is 9. The van der Waals surface area contributed by atoms with Crippen molar-refractivity contribution in [1.82, 2.24) is 10.6 Å². The summed E-state index contributed by atoms with van der Waals surface area (Å²) in [5.74, 6) is 1.30. The summed E-state index contributed by atoms with van der Waals surface area (Å²) in [6.45, 7) is 11.3. The van der Waals surface area contributed by atoms with Crippen molar-refractivity contribution in [2.75, 3.05) is 26.2 Å². The first kappa shape index (κ1) is 18.2. The quantitative estimate of drug-likeness (QED) is 0.449. The van der Waals surface area contributed by atoms with Gasteiger partial charge in [0.2, 0.25) is 0 Å². The highest BCUT2D eigenvalue weighted by Gasteiger charge is 2.34. The van der Waals surface area contributed by atoms with Crippen molar-refractivity contribution in [3.8, 4) is 0 Å². The molecule has 0 heterocycles. The van der Waals surface area contributed by atoms with Gasteiger partial charge >= 0.3 is 0 Å². The maximum absolute atomic E-state index is 10.1. The van der Waals surface area contributed by atoms with Crippen molar-refractivity contribution >= 4 is 5.96 Å². The summed E-state index contributed by atoms with van der Waals surface area (Å²) in [6.07, 6.45) is 4.09. The lowest BCUT2D eigenvalue weighted by Crippen LogP contribution is -2.43. The van der Waals surface area contributed by atoms with Gasteiger partial charge in [0.05, 0.1) is 18.2 Å². The lowest BCUT2D eigenvalue weighted by Gasteiger charge is -2.35. The summed E-state index contributed by atoms with van der Waals surface area (Å²) in [4.78, 5) is 4.50. The van der Waals surface area contributed by atoms with Crippen LogP contribution in [0.3, 0.4) is 0 Å². The lowest BCUT2D eigenvalue weighted by atomic mass is 9.80. The summed E-state index contributed by atoms with van der Waals surface area (Å²) in [6, 6.07) is 0. The molecule has 3 N–H and O–H groups in total. The SMILES string of the molecule is CCNC(=NCC1(O)CCC1)NCCC(OCC)C(C)C. The zero-order valence-electron chi connectivity index (χ0n) is 14.1. The Kier molecular flexibility index (Phi) is 8.04. The van der Waals surface area contributed by atoms with Crippen LogP contribution in [0.5, 0.6) is 0 Å². The van der Waals surface area contributed by atoms with E-state index in [2.05, 4.69) is 29.5 Å². The van der Waals surface area contributed by atoms with E-state index in [1.807, 2.05) is 13.8 Å². The molecular formula is C16H33N3O2. The van der Waals surface area contributed by atoms with Crippen molar-refractivity contribution in [3.63, 3.8) is 0 Å². The molecule has 5 nitrogen and oxygen atoms in total. The highest BCUT2D eigenvalue weighted by atomic mass is 16.5. The topological polar surface area (TPSA) is 65.9 Å². The van der Waals surface area contributed by atoms with E-state index in [4.69, 9.17) is 4.74 Å². The second-order valence-corrected chi connectivity index (χ2v) is 6.23. The van der Waals surface area contributed by atoms with Crippen LogP contribution >= 0.6 is 0 Å². The zero-order chi connectivity index (χ0) is 15.7. The molecule has 1 aliphatic carbocycles. The van der Waals surface area contributed by atoms with Gasteiger partial charge in [-0.3, -0.25) is 4.99 Å². The number of hydrogen-bond acceptors (Lipinski definition) is 3. The first-order chi connectivity index (χ1) is 10.0. The van der Waals surface area contributed by atoms with Gasteiger partial charge in [0.25, 0.3) is 0 Å². The third-order valence-corrected chi connectivity index (χ3v) is 4.01. The van der Waals surface area contributed by atoms with Gasteiger partial charge in [-0.1, -0.05) is 13.8 Å². The second-order valence-electron chi connectivity index (χ2n) is 6.23. The Bertz CT molecular complexity index is 315. The molecule has 0 aromatic rings. The monoisotopic (exact) mass is 299 g/mol. The fraction of sp³-hybridized carbons (Fsp3) is 0.938. The first-order valence-electron chi connectivity index (χ1n) is 8.37. The number of hydrogen-bond donors (Lipinski definition) is 3. The van der Waals surface area contributed by atoms with Crippen molar-refractivity contribution in [3.05, 3.63) is 0 Å². The van der Waals surface area contributed by atoms with Crippen LogP contribution in [0.4, 0.5) is 0 Å². The molecule has 0 bridgehead atoms. The molecule has 0 amide bonds. The van der Waals surface area contributed by atoms with Gasteiger partial charge in [-0.15, -0.1) is 0 Å². The minimum Gasteiger partial charge on any atom is -0.388 e. The summed E-state index contributed by atoms with van der Waals surface area (Å²) in [5, 5.41) is 16.7. The molecule has 21 heavy (non-hydrogen) atoms. The maximum Gasteiger partial charge on any atom is 0.191 e. The predicted octanol–water partition coefficient (Wildman–Crippen LogP) is 1.91. The van der Waals surface area contributed by atoms with E-state index in [-0.39, 0.29) is 6.10 Å². The van der Waals surface area contributed by atoms with Gasteiger partial charge in [0, 0.05) is 19.7 Å². The van der Waals surface area contributed by atoms with Crippen LogP contribution in [0, 0.1) is 5.92 Å². The van der Waals surface area contributed by atoms with Crippen LogP contribution < -0.4 is 10.6 Å². The minimum absolute atomic E-state index is 0.279. The lowest BCUT2D eigenvalue weighted by molar-refractivity contribution is -0.0236. The van der Waals surface area contributed by atoms with Crippen LogP contribution in [0.1, 0.15) is 53.4 Å². The van der Waals surface area contributed by atoms with Crippen molar-refractivity contribution in [2.24, 2.45) is 10.9 Å². The average molecular weight is 299 g/mol. The Morgan fingerprint density at radius 3 is 2.48 bits per heavy atom. The van der Waals surface area contributed by atoms with Crippen molar-refractivity contribution < 1.29 is 9.84 Å². The van der Waals surface area contributed by atoms with E-state index in [0.29, 0.717) is 12.5 Å². The van der Waals surface area contributed by atoms with Crippen molar-refractivity contribution in [2.45, 2.75) is 65.1 Å². The number of nitrogens with zero attached hydrogens (tertiary/aromatic N) is 1. The molecule has 0 saturated heterocycles. The molecule has 5 heteroatoms. The van der Waals surface area contributed by atoms with E-state index in [1.54, 1.807) is 0 Å². The van der Waals surface area contributed by atoms with Crippen LogP contribution in [-0.4, -0.2) is 49.0 Å². The molecule has 0 aliphatic heterocycles. The molecule has 0 spiro atoms. The number of aliphatic hydroxyl groups is 1. The zero-order valence-corrected chi connectivity index (χ0v) is 14.1. The molecule has 1 fully saturated rings. The van der Waals surface area contributed by atoms with Gasteiger partial charge in [0.15, 0.2) is 5.96 Å². The predicted molar refractivity (Wildman–Crippen MR) is 87.7 cm³/mol. The third-order valence-electron chi connectivity index (χ3n) is 4.01. The first-order valence-corrected chi connectivity index (χ1v) is 8.37. The van der Waals surface area contributed by atoms with Gasteiger partial charge in [-0.25, -0.2) is 0 Å². The summed E-state index contributed by atoms with van der Waals surface area (Å²) >= 11 is 0. The largest absolute Gasteiger partial charge is 0.388 e. The Labute approximate surface area is 129 Å².